The molecule has 4 nitrogen and oxygen atoms in total. The number of methoxy groups -OCH3 is 1. The van der Waals surface area contributed by atoms with Gasteiger partial charge in [0.25, 0.3) is 0 Å². The lowest BCUT2D eigenvalue weighted by Gasteiger charge is -2.12. The number of benzene rings is 2. The van der Waals surface area contributed by atoms with E-state index in [1.807, 2.05) is 6.07 Å². The number of fused-ring (bicyclic) bond motifs is 1. The number of hydrogen-bond donors (Lipinski definition) is 1. The molecular formula is C23H27N3O. The van der Waals surface area contributed by atoms with Crippen molar-refractivity contribution in [3.05, 3.63) is 70.9 Å². The molecule has 1 aliphatic rings. The fraction of sp³-hybridized carbons (Fsp3) is 0.348. The lowest BCUT2D eigenvalue weighted by molar-refractivity contribution is 0.414. The van der Waals surface area contributed by atoms with E-state index in [1.165, 1.54) is 46.7 Å². The summed E-state index contributed by atoms with van der Waals surface area (Å²) < 4.78 is 7.53. The summed E-state index contributed by atoms with van der Waals surface area (Å²) in [6.45, 7) is 3.21. The summed E-state index contributed by atoms with van der Waals surface area (Å²) in [7, 11) is 1.71. The molecule has 0 aliphatic carbocycles. The molecule has 0 amide bonds. The van der Waals surface area contributed by atoms with Crippen LogP contribution in [0.15, 0.2) is 48.5 Å². The van der Waals surface area contributed by atoms with Crippen LogP contribution in [-0.4, -0.2) is 23.4 Å². The summed E-state index contributed by atoms with van der Waals surface area (Å²) in [5.74, 6) is 2.07. The van der Waals surface area contributed by atoms with Crippen LogP contribution >= 0.6 is 0 Å². The first-order valence-corrected chi connectivity index (χ1v) is 9.86. The Morgan fingerprint density at radius 2 is 2.00 bits per heavy atom. The molecule has 0 saturated heterocycles. The summed E-state index contributed by atoms with van der Waals surface area (Å²) >= 11 is 0. The van der Waals surface area contributed by atoms with Crippen molar-refractivity contribution in [3.8, 4) is 11.4 Å². The minimum atomic E-state index is 0.822. The summed E-state index contributed by atoms with van der Waals surface area (Å²) in [4.78, 5) is 0. The van der Waals surface area contributed by atoms with Crippen LogP contribution in [0.2, 0.25) is 0 Å². The highest BCUT2D eigenvalue weighted by Gasteiger charge is 2.21. The largest absolute Gasteiger partial charge is 0.497 e. The van der Waals surface area contributed by atoms with Gasteiger partial charge in [-0.3, -0.25) is 0 Å². The summed E-state index contributed by atoms with van der Waals surface area (Å²) in [5.41, 5.74) is 6.26. The molecule has 3 aromatic rings. The van der Waals surface area contributed by atoms with Crippen LogP contribution < -0.4 is 10.1 Å². The van der Waals surface area contributed by atoms with Gasteiger partial charge < -0.3 is 10.1 Å². The zero-order valence-corrected chi connectivity index (χ0v) is 16.2. The van der Waals surface area contributed by atoms with Gasteiger partial charge in [-0.25, -0.2) is 4.68 Å². The number of para-hydroxylation sites is 1. The molecule has 2 heterocycles. The van der Waals surface area contributed by atoms with E-state index in [0.717, 1.165) is 31.6 Å². The summed E-state index contributed by atoms with van der Waals surface area (Å²) in [5, 5.41) is 8.72. The van der Waals surface area contributed by atoms with E-state index in [2.05, 4.69) is 59.4 Å². The van der Waals surface area contributed by atoms with Crippen molar-refractivity contribution in [2.75, 3.05) is 19.0 Å². The molecule has 0 fully saturated rings. The van der Waals surface area contributed by atoms with E-state index in [0.29, 0.717) is 0 Å². The van der Waals surface area contributed by atoms with E-state index in [-0.39, 0.29) is 0 Å². The molecule has 140 valence electrons. The molecule has 2 aromatic carbocycles. The molecule has 0 saturated carbocycles. The van der Waals surface area contributed by atoms with Gasteiger partial charge in [-0.2, -0.15) is 5.10 Å². The number of aryl methyl sites for hydroxylation is 1. The highest BCUT2D eigenvalue weighted by Crippen LogP contribution is 2.31. The van der Waals surface area contributed by atoms with E-state index >= 15 is 0 Å². The number of anilines is 1. The van der Waals surface area contributed by atoms with Gasteiger partial charge in [0.1, 0.15) is 11.6 Å². The molecule has 4 rings (SSSR count). The molecule has 0 unspecified atom stereocenters. The first kappa shape index (κ1) is 17.7. The zero-order chi connectivity index (χ0) is 18.6. The highest BCUT2D eigenvalue weighted by molar-refractivity contribution is 5.57. The minimum Gasteiger partial charge on any atom is -0.497 e. The lowest BCUT2D eigenvalue weighted by atomic mass is 10.0. The third-order valence-corrected chi connectivity index (χ3v) is 5.32. The first-order chi connectivity index (χ1) is 13.3. The standard InChI is InChI=1S/C23H27N3O/c1-3-18-10-4-5-13-22(18)26-23-20(12-6-7-14-24-23)21(25-26)16-17-9-8-11-19(15-17)27-2/h4-5,8-11,13,15,24H,3,6-7,12,14,16H2,1-2H3. The van der Waals surface area contributed by atoms with Crippen LogP contribution in [0.1, 0.15) is 42.1 Å². The molecule has 1 aliphatic heterocycles. The Morgan fingerprint density at radius 1 is 1.11 bits per heavy atom. The lowest BCUT2D eigenvalue weighted by Crippen LogP contribution is -2.08. The average Bonchev–Trinajstić information content (AvgIpc) is 2.89. The van der Waals surface area contributed by atoms with Gasteiger partial charge in [-0.05, 0) is 55.0 Å². The Hall–Kier alpha value is -2.75. The minimum absolute atomic E-state index is 0.822. The predicted molar refractivity (Wildman–Crippen MR) is 110 cm³/mol. The Morgan fingerprint density at radius 3 is 2.85 bits per heavy atom. The van der Waals surface area contributed by atoms with Crippen molar-refractivity contribution in [3.63, 3.8) is 0 Å². The Bertz CT molecular complexity index is 929. The molecule has 4 heteroatoms. The van der Waals surface area contributed by atoms with E-state index in [1.54, 1.807) is 7.11 Å². The van der Waals surface area contributed by atoms with Crippen molar-refractivity contribution in [1.29, 1.82) is 0 Å². The molecule has 27 heavy (non-hydrogen) atoms. The second kappa shape index (κ2) is 7.87. The quantitative estimate of drug-likeness (QED) is 0.711. The van der Waals surface area contributed by atoms with Crippen molar-refractivity contribution in [1.82, 2.24) is 9.78 Å². The summed E-state index contributed by atoms with van der Waals surface area (Å²) in [6, 6.07) is 16.9. The predicted octanol–water partition coefficient (Wildman–Crippen LogP) is 4.78. The maximum Gasteiger partial charge on any atom is 0.133 e. The van der Waals surface area contributed by atoms with Crippen molar-refractivity contribution in [2.24, 2.45) is 0 Å². The van der Waals surface area contributed by atoms with E-state index < -0.39 is 0 Å². The van der Waals surface area contributed by atoms with Gasteiger partial charge in [-0.1, -0.05) is 37.3 Å². The first-order valence-electron chi connectivity index (χ1n) is 9.86. The van der Waals surface area contributed by atoms with Crippen LogP contribution in [-0.2, 0) is 19.3 Å². The van der Waals surface area contributed by atoms with Crippen LogP contribution in [0.3, 0.4) is 0 Å². The number of ether oxygens (including phenoxy) is 1. The molecule has 0 spiro atoms. The molecule has 0 bridgehead atoms. The van der Waals surface area contributed by atoms with Crippen LogP contribution in [0.4, 0.5) is 5.82 Å². The summed E-state index contributed by atoms with van der Waals surface area (Å²) in [6.07, 6.45) is 5.30. The maximum atomic E-state index is 5.39. The second-order valence-corrected chi connectivity index (χ2v) is 7.08. The second-order valence-electron chi connectivity index (χ2n) is 7.08. The van der Waals surface area contributed by atoms with Gasteiger partial charge in [0.15, 0.2) is 0 Å². The van der Waals surface area contributed by atoms with Crippen LogP contribution in [0.5, 0.6) is 5.75 Å². The van der Waals surface area contributed by atoms with Crippen molar-refractivity contribution >= 4 is 5.82 Å². The smallest absolute Gasteiger partial charge is 0.133 e. The Balaban J connectivity index is 1.79. The third-order valence-electron chi connectivity index (χ3n) is 5.32. The normalized spacial score (nSPS) is 13.6. The van der Waals surface area contributed by atoms with Crippen molar-refractivity contribution in [2.45, 2.75) is 39.0 Å². The van der Waals surface area contributed by atoms with E-state index in [4.69, 9.17) is 9.84 Å². The monoisotopic (exact) mass is 361 g/mol. The maximum absolute atomic E-state index is 5.39. The average molecular weight is 361 g/mol. The highest BCUT2D eigenvalue weighted by atomic mass is 16.5. The molecule has 0 atom stereocenters. The van der Waals surface area contributed by atoms with Gasteiger partial charge in [0.05, 0.1) is 18.5 Å². The number of hydrogen-bond acceptors (Lipinski definition) is 3. The zero-order valence-electron chi connectivity index (χ0n) is 16.2. The topological polar surface area (TPSA) is 39.1 Å². The fourth-order valence-electron chi connectivity index (χ4n) is 3.88. The van der Waals surface area contributed by atoms with E-state index in [9.17, 15) is 0 Å². The van der Waals surface area contributed by atoms with Gasteiger partial charge >= 0.3 is 0 Å². The Kier molecular flexibility index (Phi) is 5.14. The van der Waals surface area contributed by atoms with Crippen LogP contribution in [0.25, 0.3) is 5.69 Å². The van der Waals surface area contributed by atoms with Crippen molar-refractivity contribution < 1.29 is 4.74 Å². The molecule has 0 radical (unpaired) electrons. The number of rotatable bonds is 5. The van der Waals surface area contributed by atoms with Crippen LogP contribution in [0, 0.1) is 0 Å². The van der Waals surface area contributed by atoms with Gasteiger partial charge in [-0.15, -0.1) is 0 Å². The number of nitrogens with one attached hydrogen (secondary N) is 1. The molecule has 1 N–H and O–H groups in total. The Labute approximate surface area is 161 Å². The SMILES string of the molecule is CCc1ccccc1-n1nc(Cc2cccc(OC)c2)c2c1NCCCC2. The number of nitrogens with zero attached hydrogens (tertiary/aromatic N) is 2. The van der Waals surface area contributed by atoms with Gasteiger partial charge in [0, 0.05) is 18.5 Å². The molecule has 1 aromatic heterocycles. The third kappa shape index (κ3) is 3.57. The molecular weight excluding hydrogens is 334 g/mol. The fourth-order valence-corrected chi connectivity index (χ4v) is 3.88. The van der Waals surface area contributed by atoms with Gasteiger partial charge in [0.2, 0.25) is 0 Å². The number of aromatic nitrogens is 2.